The Hall–Kier alpha value is -1.67. The van der Waals surface area contributed by atoms with Crippen LogP contribution in [0.4, 0.5) is 4.39 Å². The molecule has 2 aromatic carbocycles. The zero-order valence-corrected chi connectivity index (χ0v) is 12.4. The van der Waals surface area contributed by atoms with E-state index in [1.54, 1.807) is 6.07 Å². The summed E-state index contributed by atoms with van der Waals surface area (Å²) in [7, 11) is 0. The molecule has 106 valence electrons. The van der Waals surface area contributed by atoms with Gasteiger partial charge in [0.2, 0.25) is 0 Å². The van der Waals surface area contributed by atoms with Gasteiger partial charge in [-0.1, -0.05) is 50.2 Å². The number of hydrogen-bond acceptors (Lipinski definition) is 1. The van der Waals surface area contributed by atoms with Crippen molar-refractivity contribution in [3.8, 4) is 0 Å². The fraction of sp³-hybridized carbons (Fsp3) is 0.333. The van der Waals surface area contributed by atoms with Gasteiger partial charge in [-0.25, -0.2) is 4.39 Å². The van der Waals surface area contributed by atoms with Crippen LogP contribution in [0.3, 0.4) is 0 Å². The number of rotatable bonds is 5. The quantitative estimate of drug-likeness (QED) is 0.859. The van der Waals surface area contributed by atoms with E-state index in [2.05, 4.69) is 43.4 Å². The van der Waals surface area contributed by atoms with Crippen LogP contribution < -0.4 is 5.32 Å². The van der Waals surface area contributed by atoms with Gasteiger partial charge < -0.3 is 5.32 Å². The van der Waals surface area contributed by atoms with Crippen molar-refractivity contribution in [3.63, 3.8) is 0 Å². The van der Waals surface area contributed by atoms with Gasteiger partial charge in [-0.15, -0.1) is 0 Å². The van der Waals surface area contributed by atoms with Crippen molar-refractivity contribution in [1.82, 2.24) is 5.32 Å². The summed E-state index contributed by atoms with van der Waals surface area (Å²) >= 11 is 0. The summed E-state index contributed by atoms with van der Waals surface area (Å²) in [6, 6.07) is 15.4. The van der Waals surface area contributed by atoms with E-state index in [-0.39, 0.29) is 11.2 Å². The number of halogens is 1. The predicted octanol–water partition coefficient (Wildman–Crippen LogP) is 4.20. The summed E-state index contributed by atoms with van der Waals surface area (Å²) in [4.78, 5) is 0. The first kappa shape index (κ1) is 14.7. The molecule has 1 N–H and O–H groups in total. The van der Waals surface area contributed by atoms with E-state index in [4.69, 9.17) is 0 Å². The summed E-state index contributed by atoms with van der Waals surface area (Å²) in [5.41, 5.74) is 3.51. The number of benzene rings is 2. The molecular formula is C18H22FN. The molecule has 2 rings (SSSR count). The van der Waals surface area contributed by atoms with Gasteiger partial charge in [0.05, 0.1) is 0 Å². The molecule has 0 atom stereocenters. The molecule has 20 heavy (non-hydrogen) atoms. The van der Waals surface area contributed by atoms with E-state index < -0.39 is 0 Å². The first-order valence-electron chi connectivity index (χ1n) is 7.00. The van der Waals surface area contributed by atoms with Gasteiger partial charge in [-0.2, -0.15) is 0 Å². The van der Waals surface area contributed by atoms with E-state index in [0.717, 1.165) is 17.7 Å². The first-order valence-corrected chi connectivity index (χ1v) is 7.00. The lowest BCUT2D eigenvalue weighted by molar-refractivity contribution is 0.468. The van der Waals surface area contributed by atoms with Gasteiger partial charge in [0.1, 0.15) is 5.82 Å². The van der Waals surface area contributed by atoms with E-state index >= 15 is 0 Å². The number of hydrogen-bond donors (Lipinski definition) is 1. The molecule has 0 radical (unpaired) electrons. The Kier molecular flexibility index (Phi) is 4.56. The van der Waals surface area contributed by atoms with Crippen LogP contribution in [0.1, 0.15) is 30.5 Å². The third-order valence-corrected chi connectivity index (χ3v) is 3.75. The van der Waals surface area contributed by atoms with Gasteiger partial charge >= 0.3 is 0 Å². The summed E-state index contributed by atoms with van der Waals surface area (Å²) in [5, 5.41) is 3.44. The van der Waals surface area contributed by atoms with Crippen LogP contribution >= 0.6 is 0 Å². The molecule has 2 aromatic rings. The Balaban J connectivity index is 1.97. The second kappa shape index (κ2) is 6.19. The predicted molar refractivity (Wildman–Crippen MR) is 82.3 cm³/mol. The minimum Gasteiger partial charge on any atom is -0.312 e. The van der Waals surface area contributed by atoms with Crippen molar-refractivity contribution >= 4 is 0 Å². The summed E-state index contributed by atoms with van der Waals surface area (Å²) < 4.78 is 13.2. The molecular weight excluding hydrogens is 249 g/mol. The third kappa shape index (κ3) is 3.67. The Morgan fingerprint density at radius 1 is 1.05 bits per heavy atom. The maximum absolute atomic E-state index is 13.2. The Morgan fingerprint density at radius 2 is 1.75 bits per heavy atom. The molecule has 0 spiro atoms. The van der Waals surface area contributed by atoms with Crippen LogP contribution in [0.2, 0.25) is 0 Å². The highest BCUT2D eigenvalue weighted by atomic mass is 19.1. The highest BCUT2D eigenvalue weighted by Gasteiger charge is 2.19. The summed E-state index contributed by atoms with van der Waals surface area (Å²) in [5.74, 6) is -0.172. The van der Waals surface area contributed by atoms with E-state index in [9.17, 15) is 4.39 Å². The zero-order valence-electron chi connectivity index (χ0n) is 12.4. The van der Waals surface area contributed by atoms with Gasteiger partial charge in [-0.05, 0) is 35.7 Å². The molecule has 0 saturated heterocycles. The average molecular weight is 271 g/mol. The van der Waals surface area contributed by atoms with Crippen LogP contribution in [-0.2, 0) is 12.0 Å². The van der Waals surface area contributed by atoms with Crippen molar-refractivity contribution in [2.45, 2.75) is 32.7 Å². The molecule has 0 amide bonds. The lowest BCUT2D eigenvalue weighted by atomic mass is 9.84. The lowest BCUT2D eigenvalue weighted by Crippen LogP contribution is -2.32. The van der Waals surface area contributed by atoms with Crippen LogP contribution in [-0.4, -0.2) is 6.54 Å². The highest BCUT2D eigenvalue weighted by Crippen LogP contribution is 2.22. The highest BCUT2D eigenvalue weighted by molar-refractivity contribution is 5.27. The first-order chi connectivity index (χ1) is 9.49. The minimum atomic E-state index is -0.172. The molecule has 0 aliphatic carbocycles. The standard InChI is InChI=1S/C18H22FN/c1-14-9-10-17(19)11-15(14)12-20-13-18(2,3)16-7-5-4-6-8-16/h4-11,20H,12-13H2,1-3H3. The van der Waals surface area contributed by atoms with Gasteiger partial charge in [0, 0.05) is 18.5 Å². The molecule has 0 unspecified atom stereocenters. The van der Waals surface area contributed by atoms with Gasteiger partial charge in [-0.3, -0.25) is 0 Å². The molecule has 0 aliphatic heterocycles. The topological polar surface area (TPSA) is 12.0 Å². The summed E-state index contributed by atoms with van der Waals surface area (Å²) in [6.45, 7) is 7.99. The average Bonchev–Trinajstić information content (AvgIpc) is 2.43. The Morgan fingerprint density at radius 3 is 2.45 bits per heavy atom. The minimum absolute atomic E-state index is 0.0580. The number of nitrogens with one attached hydrogen (secondary N) is 1. The van der Waals surface area contributed by atoms with E-state index in [1.165, 1.54) is 11.6 Å². The Bertz CT molecular complexity index is 561. The van der Waals surface area contributed by atoms with Crippen LogP contribution in [0.15, 0.2) is 48.5 Å². The maximum atomic E-state index is 13.2. The zero-order chi connectivity index (χ0) is 14.6. The second-order valence-corrected chi connectivity index (χ2v) is 5.92. The van der Waals surface area contributed by atoms with Gasteiger partial charge in [0.25, 0.3) is 0 Å². The van der Waals surface area contributed by atoms with Crippen molar-refractivity contribution in [2.24, 2.45) is 0 Å². The van der Waals surface area contributed by atoms with Crippen molar-refractivity contribution in [3.05, 3.63) is 71.0 Å². The summed E-state index contributed by atoms with van der Waals surface area (Å²) in [6.07, 6.45) is 0. The third-order valence-electron chi connectivity index (χ3n) is 3.75. The molecule has 1 nitrogen and oxygen atoms in total. The normalized spacial score (nSPS) is 11.6. The molecule has 0 heterocycles. The van der Waals surface area contributed by atoms with E-state index in [1.807, 2.05) is 19.1 Å². The smallest absolute Gasteiger partial charge is 0.123 e. The molecule has 0 fully saturated rings. The SMILES string of the molecule is Cc1ccc(F)cc1CNCC(C)(C)c1ccccc1. The Labute approximate surface area is 120 Å². The number of aryl methyl sites for hydroxylation is 1. The van der Waals surface area contributed by atoms with Crippen molar-refractivity contribution in [2.75, 3.05) is 6.54 Å². The van der Waals surface area contributed by atoms with Crippen molar-refractivity contribution in [1.29, 1.82) is 0 Å². The lowest BCUT2D eigenvalue weighted by Gasteiger charge is -2.26. The molecule has 2 heteroatoms. The largest absolute Gasteiger partial charge is 0.312 e. The van der Waals surface area contributed by atoms with E-state index in [0.29, 0.717) is 6.54 Å². The fourth-order valence-electron chi connectivity index (χ4n) is 2.33. The van der Waals surface area contributed by atoms with Crippen LogP contribution in [0.5, 0.6) is 0 Å². The van der Waals surface area contributed by atoms with Crippen molar-refractivity contribution < 1.29 is 4.39 Å². The molecule has 0 aromatic heterocycles. The second-order valence-electron chi connectivity index (χ2n) is 5.92. The van der Waals surface area contributed by atoms with Crippen LogP contribution in [0.25, 0.3) is 0 Å². The molecule has 0 saturated carbocycles. The maximum Gasteiger partial charge on any atom is 0.123 e. The molecule has 0 bridgehead atoms. The van der Waals surface area contributed by atoms with Crippen LogP contribution in [0, 0.1) is 12.7 Å². The monoisotopic (exact) mass is 271 g/mol. The fourth-order valence-corrected chi connectivity index (χ4v) is 2.33. The van der Waals surface area contributed by atoms with Gasteiger partial charge in [0.15, 0.2) is 0 Å². The molecule has 0 aliphatic rings.